The number of nitrogens with one attached hydrogen (secondary N) is 8. The highest BCUT2D eigenvalue weighted by Crippen LogP contribution is 2.39. The molecule has 3 aromatic heterocycles. The Bertz CT molecular complexity index is 5490. The van der Waals surface area contributed by atoms with Crippen LogP contribution in [0.25, 0.3) is 67.5 Å². The molecule has 14 N–H and O–H groups in total. The Kier molecular flexibility index (Phi) is 28.3. The number of aliphatic hydroxyl groups is 2. The van der Waals surface area contributed by atoms with Crippen molar-refractivity contribution in [3.63, 3.8) is 0 Å². The summed E-state index contributed by atoms with van der Waals surface area (Å²) in [5.74, 6) is -0.0449. The molecule has 32 heteroatoms. The number of aromatic hydroxyl groups is 2. The van der Waals surface area contributed by atoms with Gasteiger partial charge in [0, 0.05) is 82.7 Å². The van der Waals surface area contributed by atoms with Crippen LogP contribution in [-0.2, 0) is 67.7 Å². The fraction of sp³-hybridized carbons (Fsp3) is 0.323. The van der Waals surface area contributed by atoms with Crippen molar-refractivity contribution in [2.75, 3.05) is 27.8 Å². The van der Waals surface area contributed by atoms with Gasteiger partial charge in [0.1, 0.15) is 35.4 Å². The number of aryl methyl sites for hydroxylation is 3. The van der Waals surface area contributed by atoms with Crippen molar-refractivity contribution in [3.05, 3.63) is 239 Å². The van der Waals surface area contributed by atoms with Gasteiger partial charge in [-0.05, 0) is 231 Å². The maximum atomic E-state index is 14.2. The molecule has 0 spiro atoms. The summed E-state index contributed by atoms with van der Waals surface area (Å²) < 4.78 is 14.2. The molecule has 0 radical (unpaired) electrons. The first-order valence-corrected chi connectivity index (χ1v) is 41.5. The first-order chi connectivity index (χ1) is 59.9. The van der Waals surface area contributed by atoms with Crippen LogP contribution in [0, 0.1) is 5.82 Å². The summed E-state index contributed by atoms with van der Waals surface area (Å²) in [5.41, 5.74) is 19.7. The molecule has 0 saturated heterocycles. The van der Waals surface area contributed by atoms with Crippen molar-refractivity contribution < 1.29 is 53.6 Å². The van der Waals surface area contributed by atoms with Gasteiger partial charge in [-0.1, -0.05) is 146 Å². The van der Waals surface area contributed by atoms with E-state index in [0.717, 1.165) is 89.1 Å². The number of phenolic OH excluding ortho intramolecular Hbond substituents is 2. The van der Waals surface area contributed by atoms with E-state index in [9.17, 15) is 53.6 Å². The number of aromatic nitrogens is 12. The first-order valence-electron chi connectivity index (χ1n) is 41.5. The van der Waals surface area contributed by atoms with E-state index in [0.29, 0.717) is 87.0 Å². The Hall–Kier alpha value is -13.7. The molecule has 31 nitrogen and oxygen atoms in total. The lowest BCUT2D eigenvalue weighted by Gasteiger charge is -2.29. The second kappa shape index (κ2) is 39.7. The minimum atomic E-state index is -0.767. The smallest absolute Gasteiger partial charge is 0.249 e. The number of hydrogen-bond donors (Lipinski definition) is 13. The highest BCUT2D eigenvalue weighted by atomic mass is 19.1. The van der Waals surface area contributed by atoms with Crippen LogP contribution in [0.2, 0.25) is 0 Å². The molecule has 6 amide bonds. The zero-order valence-electron chi connectivity index (χ0n) is 70.9. The number of anilines is 3. The monoisotopic (exact) mass is 1690 g/mol. The number of fused-ring (bicyclic) bond motifs is 3. The molecule has 0 unspecified atom stereocenters. The Balaban J connectivity index is 0.000000161. The van der Waals surface area contributed by atoms with Crippen LogP contribution < -0.4 is 47.0 Å². The maximum absolute atomic E-state index is 14.2. The molecule has 125 heavy (non-hydrogen) atoms. The van der Waals surface area contributed by atoms with Gasteiger partial charge in [0.25, 0.3) is 0 Å². The van der Waals surface area contributed by atoms with Gasteiger partial charge in [-0.25, -0.2) is 4.39 Å². The average molecular weight is 1690 g/mol. The number of nitrogens with zero attached hydrogens (tertiary/aromatic N) is 12. The van der Waals surface area contributed by atoms with Gasteiger partial charge in [0.05, 0.1) is 31.8 Å². The zero-order chi connectivity index (χ0) is 88.7. The van der Waals surface area contributed by atoms with Crippen molar-refractivity contribution in [3.8, 4) is 79.0 Å². The van der Waals surface area contributed by atoms with Crippen LogP contribution in [0.4, 0.5) is 21.5 Å². The van der Waals surface area contributed by atoms with Gasteiger partial charge < -0.3 is 67.4 Å². The van der Waals surface area contributed by atoms with E-state index in [4.69, 9.17) is 5.73 Å². The summed E-state index contributed by atoms with van der Waals surface area (Å²) >= 11 is 0. The van der Waals surface area contributed by atoms with Crippen LogP contribution in [0.1, 0.15) is 127 Å². The number of hydrogen-bond acceptors (Lipinski definition) is 22. The van der Waals surface area contributed by atoms with Crippen molar-refractivity contribution in [1.29, 1.82) is 0 Å². The van der Waals surface area contributed by atoms with Crippen LogP contribution in [-0.4, -0.2) is 178 Å². The number of amides is 6. The number of rotatable bonds is 27. The lowest BCUT2D eigenvalue weighted by Crippen LogP contribution is -2.51. The Morgan fingerprint density at radius 3 is 1.02 bits per heavy atom. The Labute approximate surface area is 722 Å². The van der Waals surface area contributed by atoms with E-state index in [-0.39, 0.29) is 85.1 Å². The standard InChI is InChI=1S/C32H36FN7O3.C32H37N7O4.C29H31N7O3/c1-20(41)18-34-32(2,3)17-29(42)35-27-14-12-23-16-24(33)13-15-28(23)40(31(27)43)19-21-8-10-22(11-9-21)25-6-4-5-7-26(25)30-36-38-39-37-30;1-20(40)18-33-32(2,3)17-29(42)34-27-14-12-23-16-24(41)13-15-28(23)39(31(27)43)19-21-8-10-22(11-9-21)25-6-4-5-7-26(25)30-35-37-38-36-30;1-29(2,30)16-26(38)31-24-13-11-20-15-21(37)12-14-25(20)36(28(24)39)17-18-7-9-19(10-8-18)22-5-3-4-6-23(22)27-32-34-35-33-27/h4-11,13,15-16,20,27,34,41H,12,14,17-19H2,1-3H3,(H,35,42)(H,36,37,38,39);4-11,13,15-16,20,27,33,40-41H,12,14,17-19H2,1-3H3,(H,34,42)(H,35,36,37,38);3-10,12,14-15,24,37H,11,13,16-17,30H2,1-2H3,(H,31,38)(H,32,33,34,35)/t2*20-,27-;24-/m111/s1. The van der Waals surface area contributed by atoms with E-state index in [1.807, 2.05) is 173 Å². The topological polar surface area (TPSA) is 443 Å². The first kappa shape index (κ1) is 89.1. The second-order valence-corrected chi connectivity index (χ2v) is 33.8. The molecule has 6 heterocycles. The van der Waals surface area contributed by atoms with Gasteiger partial charge in [-0.15, -0.1) is 30.6 Å². The maximum Gasteiger partial charge on any atom is 0.249 e. The molecule has 3 aliphatic rings. The summed E-state index contributed by atoms with van der Waals surface area (Å²) in [5, 5.41) is 97.8. The molecule has 5 atom stereocenters. The van der Waals surface area contributed by atoms with Crippen LogP contribution in [0.15, 0.2) is 200 Å². The average Bonchev–Trinajstić information content (AvgIpc) is 1.73. The number of carbonyl (C=O) groups is 6. The summed E-state index contributed by atoms with van der Waals surface area (Å²) in [4.78, 5) is 85.4. The number of halogens is 1. The molecule has 12 aromatic rings. The van der Waals surface area contributed by atoms with Gasteiger partial charge in [0.2, 0.25) is 52.9 Å². The van der Waals surface area contributed by atoms with Crippen LogP contribution in [0.5, 0.6) is 11.5 Å². The van der Waals surface area contributed by atoms with Gasteiger partial charge in [-0.3, -0.25) is 28.8 Å². The predicted octanol–water partition coefficient (Wildman–Crippen LogP) is 10.4. The molecule has 0 saturated carbocycles. The van der Waals surface area contributed by atoms with Crippen LogP contribution >= 0.6 is 0 Å². The van der Waals surface area contributed by atoms with E-state index < -0.39 is 47.0 Å². The van der Waals surface area contributed by atoms with Gasteiger partial charge in [-0.2, -0.15) is 15.6 Å². The van der Waals surface area contributed by atoms with E-state index >= 15 is 0 Å². The lowest BCUT2D eigenvalue weighted by atomic mass is 9.98. The largest absolute Gasteiger partial charge is 0.508 e. The minimum Gasteiger partial charge on any atom is -0.508 e. The minimum absolute atomic E-state index is 0.108. The highest BCUT2D eigenvalue weighted by Gasteiger charge is 2.37. The number of nitrogens with two attached hydrogens (primary N) is 1. The highest BCUT2D eigenvalue weighted by molar-refractivity contribution is 6.03. The number of benzene rings is 9. The van der Waals surface area contributed by atoms with E-state index in [1.54, 1.807) is 84.9 Å². The summed E-state index contributed by atoms with van der Waals surface area (Å²) in [7, 11) is 0. The van der Waals surface area contributed by atoms with Gasteiger partial charge in [0.15, 0.2) is 0 Å². The van der Waals surface area contributed by atoms with Crippen molar-refractivity contribution in [1.82, 2.24) is 88.5 Å². The third-order valence-electron chi connectivity index (χ3n) is 21.8. The fourth-order valence-electron chi connectivity index (χ4n) is 15.6. The Morgan fingerprint density at radius 1 is 0.432 bits per heavy atom. The van der Waals surface area contributed by atoms with Crippen molar-refractivity contribution in [2.45, 2.75) is 180 Å². The summed E-state index contributed by atoms with van der Waals surface area (Å²) in [6.45, 7) is 16.0. The number of phenols is 2. The quantitative estimate of drug-likeness (QED) is 0.0227. The zero-order valence-corrected chi connectivity index (χ0v) is 70.9. The number of tetrazole rings is 3. The Morgan fingerprint density at radius 2 is 0.728 bits per heavy atom. The third kappa shape index (κ3) is 23.4. The molecule has 0 bridgehead atoms. The summed E-state index contributed by atoms with van der Waals surface area (Å²) in [6.07, 6.45) is 1.97. The SMILES string of the molecule is CC(C)(N)CC(=O)N[C@@H]1CCc2cc(O)ccc2N(Cc2ccc(-c3ccccc3-c3nn[nH]n3)cc2)C1=O.C[C@@H](O)CNC(C)(C)CC(=O)N[C@@H]1CCc2cc(F)ccc2N(Cc2ccc(-c3ccccc3-c3nn[nH]n3)cc2)C1=O.C[C@@H](O)CNC(C)(C)CC(=O)N[C@@H]1CCc2cc(O)ccc2N(Cc2ccc(-c3ccccc3-c3nn[nH]n3)cc2)C1=O. The second-order valence-electron chi connectivity index (χ2n) is 33.8. The molecule has 15 rings (SSSR count). The third-order valence-corrected chi connectivity index (χ3v) is 21.8. The number of β-amino-alcohol motifs (C(OH)–C–C–N with tert-alkyl or cyclic N) is 2. The molecular formula is C93H104FN21O10. The molecular weight excluding hydrogens is 1590 g/mol. The van der Waals surface area contributed by atoms with Crippen molar-refractivity contribution in [2.24, 2.45) is 5.73 Å². The fourth-order valence-corrected chi connectivity index (χ4v) is 15.6. The van der Waals surface area contributed by atoms with E-state index in [1.165, 1.54) is 12.1 Å². The van der Waals surface area contributed by atoms with Gasteiger partial charge >= 0.3 is 0 Å². The predicted molar refractivity (Wildman–Crippen MR) is 472 cm³/mol. The number of aromatic amines is 3. The molecule has 3 aliphatic heterocycles. The molecule has 0 fully saturated rings. The number of aliphatic hydroxyl groups excluding tert-OH is 2. The summed E-state index contributed by atoms with van der Waals surface area (Å²) in [6, 6.07) is 59.4. The molecule has 9 aromatic carbocycles. The number of carbonyl (C=O) groups excluding carboxylic acids is 6. The van der Waals surface area contributed by atoms with Crippen LogP contribution in [0.3, 0.4) is 0 Å². The molecule has 0 aliphatic carbocycles. The lowest BCUT2D eigenvalue weighted by molar-refractivity contribution is -0.128. The molecule has 648 valence electrons. The number of H-pyrrole nitrogens is 3. The van der Waals surface area contributed by atoms with Crippen molar-refractivity contribution >= 4 is 52.5 Å². The van der Waals surface area contributed by atoms with E-state index in [2.05, 4.69) is 88.5 Å². The normalized spacial score (nSPS) is 15.8.